The number of para-hydroxylation sites is 3. The SMILES string of the molecule is c1ccc(N(c2ccccc2-c2ncncn2)c2ccccc2-c2ncncn2)c(-c2ncncn2)c1. The first-order valence-electron chi connectivity index (χ1n) is 11.3. The maximum Gasteiger partial charge on any atom is 0.164 e. The van der Waals surface area contributed by atoms with Crippen LogP contribution in [0.1, 0.15) is 0 Å². The van der Waals surface area contributed by atoms with Gasteiger partial charge in [-0.2, -0.15) is 0 Å². The fraction of sp³-hybridized carbons (Fsp3) is 0. The smallest absolute Gasteiger partial charge is 0.164 e. The number of nitrogens with zero attached hydrogens (tertiary/aromatic N) is 10. The van der Waals surface area contributed by atoms with E-state index < -0.39 is 0 Å². The van der Waals surface area contributed by atoms with Crippen LogP contribution in [0.2, 0.25) is 0 Å². The summed E-state index contributed by atoms with van der Waals surface area (Å²) < 4.78 is 0. The summed E-state index contributed by atoms with van der Waals surface area (Å²) >= 11 is 0. The van der Waals surface area contributed by atoms with Gasteiger partial charge in [-0.3, -0.25) is 0 Å². The first kappa shape index (κ1) is 22.0. The summed E-state index contributed by atoms with van der Waals surface area (Å²) in [7, 11) is 0. The van der Waals surface area contributed by atoms with Crippen LogP contribution in [0.4, 0.5) is 17.1 Å². The maximum absolute atomic E-state index is 4.43. The van der Waals surface area contributed by atoms with E-state index >= 15 is 0 Å². The molecule has 6 aromatic rings. The summed E-state index contributed by atoms with van der Waals surface area (Å²) in [6.07, 6.45) is 8.92. The Bertz CT molecular complexity index is 1430. The minimum atomic E-state index is 0.547. The molecule has 3 aromatic heterocycles. The molecule has 0 unspecified atom stereocenters. The summed E-state index contributed by atoms with van der Waals surface area (Å²) in [6, 6.07) is 23.8. The van der Waals surface area contributed by atoms with Crippen molar-refractivity contribution in [3.63, 3.8) is 0 Å². The van der Waals surface area contributed by atoms with Crippen molar-refractivity contribution >= 4 is 17.1 Å². The number of rotatable bonds is 6. The second kappa shape index (κ2) is 10.0. The topological polar surface area (TPSA) is 119 Å². The highest BCUT2D eigenvalue weighted by Crippen LogP contribution is 2.45. The molecule has 0 aliphatic carbocycles. The van der Waals surface area contributed by atoms with E-state index in [0.29, 0.717) is 17.5 Å². The van der Waals surface area contributed by atoms with Gasteiger partial charge in [0.2, 0.25) is 0 Å². The standard InChI is InChI=1S/C27H18N10/c1-4-10-22(19(7-1)25-31-13-28-14-32-25)37(23-11-5-2-8-20(23)26-33-15-29-16-34-26)24-12-6-3-9-21(24)27-35-17-30-18-36-27/h1-18H. The van der Waals surface area contributed by atoms with Crippen LogP contribution in [-0.2, 0) is 0 Å². The second-order valence-electron chi connectivity index (χ2n) is 7.77. The lowest BCUT2D eigenvalue weighted by Crippen LogP contribution is -2.14. The van der Waals surface area contributed by atoms with Crippen LogP contribution < -0.4 is 4.90 Å². The molecule has 0 fully saturated rings. The highest BCUT2D eigenvalue weighted by atomic mass is 15.2. The van der Waals surface area contributed by atoms with Crippen LogP contribution >= 0.6 is 0 Å². The van der Waals surface area contributed by atoms with Crippen molar-refractivity contribution in [1.29, 1.82) is 0 Å². The number of hydrogen-bond donors (Lipinski definition) is 0. The summed E-state index contributed by atoms with van der Waals surface area (Å²) in [5, 5.41) is 0. The van der Waals surface area contributed by atoms with E-state index in [-0.39, 0.29) is 0 Å². The van der Waals surface area contributed by atoms with Crippen molar-refractivity contribution in [2.45, 2.75) is 0 Å². The fourth-order valence-electron chi connectivity index (χ4n) is 4.10. The van der Waals surface area contributed by atoms with E-state index in [1.54, 1.807) is 0 Å². The molecule has 6 rings (SSSR count). The van der Waals surface area contributed by atoms with Gasteiger partial charge in [0.15, 0.2) is 17.5 Å². The Hall–Kier alpha value is -5.51. The third-order valence-electron chi connectivity index (χ3n) is 5.64. The van der Waals surface area contributed by atoms with E-state index in [4.69, 9.17) is 0 Å². The zero-order chi connectivity index (χ0) is 24.9. The molecule has 3 heterocycles. The van der Waals surface area contributed by atoms with Gasteiger partial charge in [0.25, 0.3) is 0 Å². The molecular weight excluding hydrogens is 464 g/mol. The first-order valence-corrected chi connectivity index (χ1v) is 11.3. The van der Waals surface area contributed by atoms with Gasteiger partial charge in [-0.15, -0.1) is 0 Å². The molecule has 0 amide bonds. The number of benzene rings is 3. The van der Waals surface area contributed by atoms with Gasteiger partial charge in [-0.1, -0.05) is 36.4 Å². The normalized spacial score (nSPS) is 10.7. The largest absolute Gasteiger partial charge is 0.308 e. The molecule has 0 saturated carbocycles. The zero-order valence-corrected chi connectivity index (χ0v) is 19.4. The minimum absolute atomic E-state index is 0.547. The van der Waals surface area contributed by atoms with E-state index in [0.717, 1.165) is 33.8 Å². The highest BCUT2D eigenvalue weighted by molar-refractivity contribution is 5.95. The van der Waals surface area contributed by atoms with Gasteiger partial charge in [0.05, 0.1) is 17.1 Å². The van der Waals surface area contributed by atoms with Gasteiger partial charge < -0.3 is 4.90 Å². The Morgan fingerprint density at radius 3 is 0.919 bits per heavy atom. The molecule has 0 atom stereocenters. The Balaban J connectivity index is 1.66. The quantitative estimate of drug-likeness (QED) is 0.330. The van der Waals surface area contributed by atoms with Crippen molar-refractivity contribution in [2.75, 3.05) is 4.90 Å². The third-order valence-corrected chi connectivity index (χ3v) is 5.64. The van der Waals surface area contributed by atoms with Gasteiger partial charge in [0.1, 0.15) is 38.0 Å². The van der Waals surface area contributed by atoms with E-state index in [1.807, 2.05) is 72.8 Å². The summed E-state index contributed by atoms with van der Waals surface area (Å²) in [5.41, 5.74) is 4.99. The first-order chi connectivity index (χ1) is 18.4. The molecule has 37 heavy (non-hydrogen) atoms. The Morgan fingerprint density at radius 2 is 0.622 bits per heavy atom. The highest BCUT2D eigenvalue weighted by Gasteiger charge is 2.24. The summed E-state index contributed by atoms with van der Waals surface area (Å²) in [6.45, 7) is 0. The number of hydrogen-bond acceptors (Lipinski definition) is 10. The monoisotopic (exact) mass is 482 g/mol. The zero-order valence-electron chi connectivity index (χ0n) is 19.4. The van der Waals surface area contributed by atoms with Crippen LogP contribution in [0.5, 0.6) is 0 Å². The minimum Gasteiger partial charge on any atom is -0.308 e. The predicted molar refractivity (Wildman–Crippen MR) is 138 cm³/mol. The molecule has 10 nitrogen and oxygen atoms in total. The molecule has 176 valence electrons. The molecule has 0 radical (unpaired) electrons. The van der Waals surface area contributed by atoms with Gasteiger partial charge >= 0.3 is 0 Å². The van der Waals surface area contributed by atoms with Crippen molar-refractivity contribution in [1.82, 2.24) is 44.9 Å². The Morgan fingerprint density at radius 1 is 0.351 bits per heavy atom. The van der Waals surface area contributed by atoms with Crippen molar-refractivity contribution in [2.24, 2.45) is 0 Å². The average molecular weight is 483 g/mol. The lowest BCUT2D eigenvalue weighted by Gasteiger charge is -2.30. The molecule has 0 aliphatic heterocycles. The third kappa shape index (κ3) is 4.34. The molecule has 0 N–H and O–H groups in total. The molecule has 0 spiro atoms. The Kier molecular flexibility index (Phi) is 5.94. The molecule has 0 bridgehead atoms. The van der Waals surface area contributed by atoms with Crippen molar-refractivity contribution in [3.05, 3.63) is 111 Å². The van der Waals surface area contributed by atoms with E-state index in [9.17, 15) is 0 Å². The molecule has 3 aromatic carbocycles. The fourth-order valence-corrected chi connectivity index (χ4v) is 4.10. The van der Waals surface area contributed by atoms with E-state index in [1.165, 1.54) is 38.0 Å². The van der Waals surface area contributed by atoms with Crippen LogP contribution in [-0.4, -0.2) is 44.9 Å². The Labute approximate surface area is 211 Å². The molecular formula is C27H18N10. The van der Waals surface area contributed by atoms with Crippen LogP contribution in [0.3, 0.4) is 0 Å². The number of anilines is 3. The maximum atomic E-state index is 4.43. The van der Waals surface area contributed by atoms with Gasteiger partial charge in [0, 0.05) is 16.7 Å². The van der Waals surface area contributed by atoms with E-state index in [2.05, 4.69) is 49.8 Å². The average Bonchev–Trinajstić information content (AvgIpc) is 2.99. The van der Waals surface area contributed by atoms with Crippen LogP contribution in [0.15, 0.2) is 111 Å². The summed E-state index contributed by atoms with van der Waals surface area (Å²) in [4.78, 5) is 40.6. The summed E-state index contributed by atoms with van der Waals surface area (Å²) in [5.74, 6) is 1.64. The van der Waals surface area contributed by atoms with Crippen LogP contribution in [0.25, 0.3) is 34.2 Å². The second-order valence-corrected chi connectivity index (χ2v) is 7.77. The number of aromatic nitrogens is 9. The molecule has 0 aliphatic rings. The van der Waals surface area contributed by atoms with Crippen LogP contribution in [0, 0.1) is 0 Å². The van der Waals surface area contributed by atoms with Crippen molar-refractivity contribution < 1.29 is 0 Å². The lowest BCUT2D eigenvalue weighted by molar-refractivity contribution is 1.05. The lowest BCUT2D eigenvalue weighted by atomic mass is 10.0. The molecule has 10 heteroatoms. The van der Waals surface area contributed by atoms with Gasteiger partial charge in [-0.25, -0.2) is 44.9 Å². The predicted octanol–water partition coefficient (Wildman–Crippen LogP) is 4.71. The van der Waals surface area contributed by atoms with Crippen molar-refractivity contribution in [3.8, 4) is 34.2 Å². The van der Waals surface area contributed by atoms with Gasteiger partial charge in [-0.05, 0) is 36.4 Å². The molecule has 0 saturated heterocycles.